The van der Waals surface area contributed by atoms with E-state index in [1.54, 1.807) is 20.8 Å². The van der Waals surface area contributed by atoms with Gasteiger partial charge in [0.15, 0.2) is 0 Å². The first-order valence-corrected chi connectivity index (χ1v) is 10.8. The van der Waals surface area contributed by atoms with E-state index in [4.69, 9.17) is 23.0 Å². The lowest BCUT2D eigenvalue weighted by atomic mass is 10.7. The largest absolute Gasteiger partial charge is 0.463 e. The molecule has 0 aliphatic heterocycles. The molecule has 0 aliphatic carbocycles. The summed E-state index contributed by atoms with van der Waals surface area (Å²) in [6.45, 7) is 6.97. The standard InChI is InChI=1S/C12H26O8P2/c1-5-18-21(14,10-16-8-9-17-12(4)13)11-22(15,19-6-2)20-7-3/h5-11H2,1-4H3. The molecule has 8 nitrogen and oxygen atoms in total. The van der Waals surface area contributed by atoms with Crippen LogP contribution in [0.1, 0.15) is 27.7 Å². The molecule has 0 saturated carbocycles. The van der Waals surface area contributed by atoms with Crippen LogP contribution in [-0.4, -0.2) is 51.3 Å². The van der Waals surface area contributed by atoms with Gasteiger partial charge in [-0.3, -0.25) is 13.9 Å². The monoisotopic (exact) mass is 360 g/mol. The van der Waals surface area contributed by atoms with E-state index in [-0.39, 0.29) is 45.3 Å². The Morgan fingerprint density at radius 3 is 1.91 bits per heavy atom. The minimum Gasteiger partial charge on any atom is -0.463 e. The first-order chi connectivity index (χ1) is 10.3. The lowest BCUT2D eigenvalue weighted by Crippen LogP contribution is -2.11. The summed E-state index contributed by atoms with van der Waals surface area (Å²) < 4.78 is 50.5. The molecule has 10 heteroatoms. The Labute approximate surface area is 131 Å². The normalized spacial score (nSPS) is 14.5. The fraction of sp³-hybridized carbons (Fsp3) is 0.917. The molecule has 0 aromatic heterocycles. The zero-order chi connectivity index (χ0) is 17.1. The van der Waals surface area contributed by atoms with Crippen LogP contribution in [0.4, 0.5) is 0 Å². The van der Waals surface area contributed by atoms with Gasteiger partial charge >= 0.3 is 13.6 Å². The Morgan fingerprint density at radius 2 is 1.45 bits per heavy atom. The van der Waals surface area contributed by atoms with Crippen molar-refractivity contribution in [1.82, 2.24) is 0 Å². The van der Waals surface area contributed by atoms with Crippen LogP contribution in [0.5, 0.6) is 0 Å². The summed E-state index contributed by atoms with van der Waals surface area (Å²) in [4.78, 5) is 10.6. The predicted octanol–water partition coefficient (Wildman–Crippen LogP) is 3.06. The van der Waals surface area contributed by atoms with Gasteiger partial charge in [-0.2, -0.15) is 0 Å². The van der Waals surface area contributed by atoms with Gasteiger partial charge in [-0.15, -0.1) is 0 Å². The van der Waals surface area contributed by atoms with Crippen LogP contribution in [0, 0.1) is 0 Å². The highest BCUT2D eigenvalue weighted by Crippen LogP contribution is 2.63. The number of carbonyl (C=O) groups excluding carboxylic acids is 1. The van der Waals surface area contributed by atoms with Crippen molar-refractivity contribution in [2.45, 2.75) is 27.7 Å². The van der Waals surface area contributed by atoms with Crippen molar-refractivity contribution in [2.75, 3.05) is 45.3 Å². The third-order valence-electron chi connectivity index (χ3n) is 2.23. The van der Waals surface area contributed by atoms with Crippen molar-refractivity contribution in [3.05, 3.63) is 0 Å². The third-order valence-corrected chi connectivity index (χ3v) is 7.94. The van der Waals surface area contributed by atoms with E-state index in [0.717, 1.165) is 0 Å². The van der Waals surface area contributed by atoms with Crippen LogP contribution < -0.4 is 0 Å². The first-order valence-electron chi connectivity index (χ1n) is 7.12. The number of esters is 1. The number of rotatable bonds is 13. The highest BCUT2D eigenvalue weighted by Gasteiger charge is 2.37. The maximum atomic E-state index is 12.7. The fourth-order valence-corrected chi connectivity index (χ4v) is 6.81. The molecule has 1 unspecified atom stereocenters. The van der Waals surface area contributed by atoms with E-state index in [9.17, 15) is 13.9 Å². The van der Waals surface area contributed by atoms with Crippen molar-refractivity contribution in [3.8, 4) is 0 Å². The molecular formula is C12H26O8P2. The zero-order valence-corrected chi connectivity index (χ0v) is 15.4. The fourth-order valence-electron chi connectivity index (χ4n) is 1.58. The molecule has 132 valence electrons. The molecule has 22 heavy (non-hydrogen) atoms. The van der Waals surface area contributed by atoms with Gasteiger partial charge in [0, 0.05) is 6.92 Å². The van der Waals surface area contributed by atoms with Crippen molar-refractivity contribution in [2.24, 2.45) is 0 Å². The molecule has 0 aromatic rings. The maximum absolute atomic E-state index is 12.7. The van der Waals surface area contributed by atoms with Crippen molar-refractivity contribution in [3.63, 3.8) is 0 Å². The molecule has 0 saturated heterocycles. The van der Waals surface area contributed by atoms with E-state index >= 15 is 0 Å². The Kier molecular flexibility index (Phi) is 11.2. The van der Waals surface area contributed by atoms with Crippen molar-refractivity contribution >= 4 is 20.9 Å². The number of hydrogen-bond donors (Lipinski definition) is 0. The van der Waals surface area contributed by atoms with Gasteiger partial charge in [0.25, 0.3) is 0 Å². The zero-order valence-electron chi connectivity index (χ0n) is 13.6. The predicted molar refractivity (Wildman–Crippen MR) is 82.4 cm³/mol. The van der Waals surface area contributed by atoms with Crippen molar-refractivity contribution in [1.29, 1.82) is 0 Å². The van der Waals surface area contributed by atoms with Gasteiger partial charge in [0.05, 0.1) is 26.4 Å². The second-order valence-electron chi connectivity index (χ2n) is 4.20. The van der Waals surface area contributed by atoms with Crippen LogP contribution >= 0.6 is 15.0 Å². The maximum Gasteiger partial charge on any atom is 0.340 e. The summed E-state index contributed by atoms with van der Waals surface area (Å²) >= 11 is 0. The second-order valence-corrected chi connectivity index (χ2v) is 9.21. The van der Waals surface area contributed by atoms with E-state index in [2.05, 4.69) is 0 Å². The number of carbonyl (C=O) groups is 1. The van der Waals surface area contributed by atoms with E-state index in [0.29, 0.717) is 0 Å². The molecule has 0 aliphatic rings. The molecule has 0 heterocycles. The Morgan fingerprint density at radius 1 is 0.909 bits per heavy atom. The number of ether oxygens (including phenoxy) is 2. The summed E-state index contributed by atoms with van der Waals surface area (Å²) in [5, 5.41) is 0. The quantitative estimate of drug-likeness (QED) is 0.281. The SMILES string of the molecule is CCOP(=O)(COCCOC(C)=O)CP(=O)(OCC)OCC. The lowest BCUT2D eigenvalue weighted by Gasteiger charge is -2.23. The van der Waals surface area contributed by atoms with E-state index in [1.807, 2.05) is 0 Å². The minimum atomic E-state index is -3.50. The van der Waals surface area contributed by atoms with Crippen molar-refractivity contribution < 1.29 is 37.0 Å². The summed E-state index contributed by atoms with van der Waals surface area (Å²) in [5.74, 6) is -0.767. The molecule has 0 aromatic carbocycles. The molecule has 0 amide bonds. The van der Waals surface area contributed by atoms with Gasteiger partial charge in [0.1, 0.15) is 18.9 Å². The lowest BCUT2D eigenvalue weighted by molar-refractivity contribution is -0.142. The van der Waals surface area contributed by atoms with Crippen LogP contribution in [0.15, 0.2) is 0 Å². The average Bonchev–Trinajstić information content (AvgIpc) is 2.38. The summed E-state index contributed by atoms with van der Waals surface area (Å²) in [6, 6.07) is 0. The van der Waals surface area contributed by atoms with Gasteiger partial charge in [-0.1, -0.05) is 0 Å². The van der Waals surface area contributed by atoms with Crippen LogP contribution in [0.2, 0.25) is 0 Å². The molecule has 1 atom stereocenters. The summed E-state index contributed by atoms with van der Waals surface area (Å²) in [5.41, 5.74) is 0. The molecule has 0 N–H and O–H groups in total. The van der Waals surface area contributed by atoms with Gasteiger partial charge in [-0.05, 0) is 20.8 Å². The van der Waals surface area contributed by atoms with Crippen LogP contribution in [-0.2, 0) is 37.0 Å². The van der Waals surface area contributed by atoms with Crippen LogP contribution in [0.25, 0.3) is 0 Å². The molecule has 0 fully saturated rings. The highest BCUT2D eigenvalue weighted by atomic mass is 31.2. The number of hydrogen-bond acceptors (Lipinski definition) is 8. The van der Waals surface area contributed by atoms with Crippen LogP contribution in [0.3, 0.4) is 0 Å². The van der Waals surface area contributed by atoms with Gasteiger partial charge < -0.3 is 23.0 Å². The topological polar surface area (TPSA) is 97.4 Å². The molecule has 0 spiro atoms. The van der Waals surface area contributed by atoms with E-state index < -0.39 is 20.9 Å². The molecular weight excluding hydrogens is 334 g/mol. The summed E-state index contributed by atoms with van der Waals surface area (Å²) in [7, 11) is -6.84. The van der Waals surface area contributed by atoms with E-state index in [1.165, 1.54) is 6.92 Å². The molecule has 0 rings (SSSR count). The first kappa shape index (κ1) is 21.8. The second kappa shape index (κ2) is 11.3. The highest BCUT2D eigenvalue weighted by molar-refractivity contribution is 7.73. The Hall–Kier alpha value is -0.230. The summed E-state index contributed by atoms with van der Waals surface area (Å²) in [6.07, 6.45) is -0.244. The van der Waals surface area contributed by atoms with Gasteiger partial charge in [-0.25, -0.2) is 0 Å². The minimum absolute atomic E-state index is 0.0516. The Bertz CT molecular complexity index is 402. The third kappa shape index (κ3) is 9.72. The molecule has 0 bridgehead atoms. The molecule has 0 radical (unpaired) electrons. The smallest absolute Gasteiger partial charge is 0.340 e. The average molecular weight is 360 g/mol. The van der Waals surface area contributed by atoms with Gasteiger partial charge in [0.2, 0.25) is 7.37 Å². The Balaban J connectivity index is 4.61.